The summed E-state index contributed by atoms with van der Waals surface area (Å²) in [7, 11) is 3.00. The van der Waals surface area contributed by atoms with Gasteiger partial charge in [0.25, 0.3) is 0 Å². The molecule has 3 rings (SSSR count). The number of ether oxygens (including phenoxy) is 2. The zero-order valence-electron chi connectivity index (χ0n) is 12.0. The quantitative estimate of drug-likeness (QED) is 0.725. The van der Waals surface area contributed by atoms with Gasteiger partial charge in [0.2, 0.25) is 0 Å². The standard InChI is InChI=1S/C17H14O4/c1-9-5-4-6-10-15(9)17(19)12-8-14(21-3)13(20-2)7-11(12)16(10)18/h4-8H,1-3H3. The van der Waals surface area contributed by atoms with E-state index < -0.39 is 0 Å². The number of fused-ring (bicyclic) bond motifs is 2. The summed E-state index contributed by atoms with van der Waals surface area (Å²) < 4.78 is 10.4. The van der Waals surface area contributed by atoms with Crippen molar-refractivity contribution in [2.45, 2.75) is 6.92 Å². The van der Waals surface area contributed by atoms with Crippen LogP contribution in [-0.2, 0) is 0 Å². The van der Waals surface area contributed by atoms with Gasteiger partial charge >= 0.3 is 0 Å². The van der Waals surface area contributed by atoms with E-state index in [1.54, 1.807) is 24.3 Å². The molecule has 0 aromatic heterocycles. The predicted octanol–water partition coefficient (Wildman–Crippen LogP) is 2.79. The maximum absolute atomic E-state index is 12.7. The molecule has 0 aliphatic heterocycles. The maximum atomic E-state index is 12.7. The fourth-order valence-electron chi connectivity index (χ4n) is 2.69. The van der Waals surface area contributed by atoms with Crippen LogP contribution in [0.25, 0.3) is 0 Å². The molecule has 0 radical (unpaired) electrons. The Kier molecular flexibility index (Phi) is 3.01. The Morgan fingerprint density at radius 2 is 1.38 bits per heavy atom. The lowest BCUT2D eigenvalue weighted by Gasteiger charge is -2.20. The molecule has 4 heteroatoms. The van der Waals surface area contributed by atoms with E-state index in [9.17, 15) is 9.59 Å². The Hall–Kier alpha value is -2.62. The number of rotatable bonds is 2. The lowest BCUT2D eigenvalue weighted by Crippen LogP contribution is -2.22. The lowest BCUT2D eigenvalue weighted by molar-refractivity contribution is 0.0978. The zero-order chi connectivity index (χ0) is 15.1. The first-order valence-corrected chi connectivity index (χ1v) is 6.53. The van der Waals surface area contributed by atoms with Crippen LogP contribution in [0.3, 0.4) is 0 Å². The van der Waals surface area contributed by atoms with Crippen LogP contribution in [0.15, 0.2) is 30.3 Å². The molecule has 0 saturated carbocycles. The van der Waals surface area contributed by atoms with E-state index >= 15 is 0 Å². The van der Waals surface area contributed by atoms with Crippen molar-refractivity contribution in [2.24, 2.45) is 0 Å². The number of hydrogen-bond donors (Lipinski definition) is 0. The van der Waals surface area contributed by atoms with E-state index in [0.29, 0.717) is 33.8 Å². The van der Waals surface area contributed by atoms with Crippen molar-refractivity contribution in [3.8, 4) is 11.5 Å². The van der Waals surface area contributed by atoms with Gasteiger partial charge < -0.3 is 9.47 Å². The molecule has 21 heavy (non-hydrogen) atoms. The normalized spacial score (nSPS) is 12.7. The van der Waals surface area contributed by atoms with Gasteiger partial charge in [-0.25, -0.2) is 0 Å². The summed E-state index contributed by atoms with van der Waals surface area (Å²) in [6, 6.07) is 8.44. The third kappa shape index (κ3) is 1.83. The minimum absolute atomic E-state index is 0.154. The third-order valence-corrected chi connectivity index (χ3v) is 3.76. The first kappa shape index (κ1) is 13.4. The van der Waals surface area contributed by atoms with E-state index in [1.165, 1.54) is 14.2 Å². The molecule has 2 aromatic carbocycles. The number of carbonyl (C=O) groups excluding carboxylic acids is 2. The van der Waals surface area contributed by atoms with Gasteiger partial charge in [-0.15, -0.1) is 0 Å². The van der Waals surface area contributed by atoms with Crippen LogP contribution in [0, 0.1) is 6.92 Å². The summed E-state index contributed by atoms with van der Waals surface area (Å²) >= 11 is 0. The van der Waals surface area contributed by atoms with Crippen LogP contribution in [0.1, 0.15) is 37.4 Å². The molecule has 0 heterocycles. The fraction of sp³-hybridized carbons (Fsp3) is 0.176. The highest BCUT2D eigenvalue weighted by atomic mass is 16.5. The third-order valence-electron chi connectivity index (χ3n) is 3.76. The molecule has 0 spiro atoms. The Labute approximate surface area is 122 Å². The van der Waals surface area contributed by atoms with Crippen molar-refractivity contribution < 1.29 is 19.1 Å². The lowest BCUT2D eigenvalue weighted by atomic mass is 9.82. The molecule has 106 valence electrons. The van der Waals surface area contributed by atoms with Crippen LogP contribution < -0.4 is 9.47 Å². The Morgan fingerprint density at radius 1 is 0.810 bits per heavy atom. The largest absolute Gasteiger partial charge is 0.493 e. The van der Waals surface area contributed by atoms with E-state index in [0.717, 1.165) is 5.56 Å². The Balaban J connectivity index is 2.30. The van der Waals surface area contributed by atoms with Gasteiger partial charge in [0, 0.05) is 22.3 Å². The minimum Gasteiger partial charge on any atom is -0.493 e. The first-order valence-electron chi connectivity index (χ1n) is 6.53. The fourth-order valence-corrected chi connectivity index (χ4v) is 2.69. The number of carbonyl (C=O) groups is 2. The number of aryl methyl sites for hydroxylation is 1. The van der Waals surface area contributed by atoms with E-state index in [1.807, 2.05) is 13.0 Å². The molecule has 0 saturated heterocycles. The maximum Gasteiger partial charge on any atom is 0.194 e. The Bertz CT molecular complexity index is 775. The molecular weight excluding hydrogens is 268 g/mol. The van der Waals surface area contributed by atoms with Gasteiger partial charge in [0.05, 0.1) is 14.2 Å². The number of hydrogen-bond acceptors (Lipinski definition) is 4. The molecule has 0 N–H and O–H groups in total. The van der Waals surface area contributed by atoms with Crippen LogP contribution in [0.2, 0.25) is 0 Å². The Morgan fingerprint density at radius 3 is 1.95 bits per heavy atom. The van der Waals surface area contributed by atoms with Crippen LogP contribution in [0.4, 0.5) is 0 Å². The average Bonchev–Trinajstić information content (AvgIpc) is 2.51. The van der Waals surface area contributed by atoms with Gasteiger partial charge in [-0.05, 0) is 24.6 Å². The van der Waals surface area contributed by atoms with Crippen molar-refractivity contribution in [1.82, 2.24) is 0 Å². The summed E-state index contributed by atoms with van der Waals surface area (Å²) in [5.41, 5.74) is 2.43. The number of ketones is 2. The number of methoxy groups -OCH3 is 2. The molecule has 4 nitrogen and oxygen atoms in total. The summed E-state index contributed by atoms with van der Waals surface area (Å²) in [6.07, 6.45) is 0. The smallest absolute Gasteiger partial charge is 0.194 e. The molecule has 0 atom stereocenters. The summed E-state index contributed by atoms with van der Waals surface area (Å²) in [6.45, 7) is 1.83. The van der Waals surface area contributed by atoms with Crippen LogP contribution in [0.5, 0.6) is 11.5 Å². The van der Waals surface area contributed by atoms with Gasteiger partial charge in [-0.3, -0.25) is 9.59 Å². The molecule has 0 fully saturated rings. The summed E-state index contributed by atoms with van der Waals surface area (Å²) in [5.74, 6) is 0.561. The van der Waals surface area contributed by atoms with E-state index in [2.05, 4.69) is 0 Å². The topological polar surface area (TPSA) is 52.6 Å². The molecule has 0 bridgehead atoms. The van der Waals surface area contributed by atoms with Gasteiger partial charge in [0.15, 0.2) is 23.1 Å². The number of benzene rings is 2. The second-order valence-corrected chi connectivity index (χ2v) is 4.91. The van der Waals surface area contributed by atoms with E-state index in [-0.39, 0.29) is 11.6 Å². The molecule has 2 aromatic rings. The van der Waals surface area contributed by atoms with Gasteiger partial charge in [-0.2, -0.15) is 0 Å². The van der Waals surface area contributed by atoms with Gasteiger partial charge in [0.1, 0.15) is 0 Å². The van der Waals surface area contributed by atoms with Crippen molar-refractivity contribution in [3.63, 3.8) is 0 Å². The average molecular weight is 282 g/mol. The van der Waals surface area contributed by atoms with E-state index in [4.69, 9.17) is 9.47 Å². The predicted molar refractivity (Wildman–Crippen MR) is 77.6 cm³/mol. The highest BCUT2D eigenvalue weighted by Crippen LogP contribution is 2.36. The van der Waals surface area contributed by atoms with Crippen molar-refractivity contribution >= 4 is 11.6 Å². The zero-order valence-corrected chi connectivity index (χ0v) is 12.0. The molecule has 1 aliphatic rings. The van der Waals surface area contributed by atoms with Crippen molar-refractivity contribution in [2.75, 3.05) is 14.2 Å². The highest BCUT2D eigenvalue weighted by Gasteiger charge is 2.32. The molecular formula is C17H14O4. The molecule has 0 unspecified atom stereocenters. The summed E-state index contributed by atoms with van der Waals surface area (Å²) in [5, 5.41) is 0. The van der Waals surface area contributed by atoms with Gasteiger partial charge in [-0.1, -0.05) is 18.2 Å². The van der Waals surface area contributed by atoms with Crippen molar-refractivity contribution in [3.05, 3.63) is 58.1 Å². The minimum atomic E-state index is -0.163. The van der Waals surface area contributed by atoms with Crippen LogP contribution >= 0.6 is 0 Å². The SMILES string of the molecule is COc1cc2c(cc1OC)C(=O)c1c(C)cccc1C2=O. The van der Waals surface area contributed by atoms with Crippen LogP contribution in [-0.4, -0.2) is 25.8 Å². The monoisotopic (exact) mass is 282 g/mol. The summed E-state index contributed by atoms with van der Waals surface area (Å²) in [4.78, 5) is 25.3. The second kappa shape index (κ2) is 4.74. The van der Waals surface area contributed by atoms with Crippen molar-refractivity contribution in [1.29, 1.82) is 0 Å². The molecule has 1 aliphatic carbocycles. The molecule has 0 amide bonds. The highest BCUT2D eigenvalue weighted by molar-refractivity contribution is 6.29. The second-order valence-electron chi connectivity index (χ2n) is 4.91. The first-order chi connectivity index (χ1) is 10.1.